The van der Waals surface area contributed by atoms with Gasteiger partial charge in [-0.25, -0.2) is 24.9 Å². The first-order valence-corrected chi connectivity index (χ1v) is 51.5. The molecule has 7 heteroatoms. The molecule has 149 heavy (non-hydrogen) atoms. The van der Waals surface area contributed by atoms with Crippen LogP contribution in [0.5, 0.6) is 0 Å². The highest BCUT2D eigenvalue weighted by Crippen LogP contribution is 2.58. The minimum Gasteiger partial charge on any atom is -0.252 e. The molecule has 0 radical (unpaired) electrons. The van der Waals surface area contributed by atoms with Crippen molar-refractivity contribution >= 4 is 86.6 Å². The molecular formula is C142H99N7. The zero-order chi connectivity index (χ0) is 99.7. The summed E-state index contributed by atoms with van der Waals surface area (Å²) in [6.07, 6.45) is 7.35. The number of rotatable bonds is 12. The van der Waals surface area contributed by atoms with Crippen LogP contribution in [0.4, 0.5) is 0 Å². The number of fused-ring (bicyclic) bond motifs is 17. The number of hydrogen-bond donors (Lipinski definition) is 0. The lowest BCUT2D eigenvalue weighted by Gasteiger charge is -2.25. The normalized spacial score (nSPS) is 13.1. The van der Waals surface area contributed by atoms with Crippen molar-refractivity contribution in [3.05, 3.63) is 525 Å². The van der Waals surface area contributed by atoms with Crippen molar-refractivity contribution in [2.75, 3.05) is 0 Å². The van der Waals surface area contributed by atoms with Gasteiger partial charge in [0.2, 0.25) is 0 Å². The van der Waals surface area contributed by atoms with E-state index in [1.54, 1.807) is 12.4 Å². The molecule has 0 aliphatic heterocycles. The van der Waals surface area contributed by atoms with E-state index in [-0.39, 0.29) is 16.2 Å². The summed E-state index contributed by atoms with van der Waals surface area (Å²) in [6, 6.07) is 168. The Bertz CT molecular complexity index is 9490. The van der Waals surface area contributed by atoms with Crippen molar-refractivity contribution in [2.24, 2.45) is 0 Å². The molecule has 26 aromatic rings. The van der Waals surface area contributed by atoms with Gasteiger partial charge in [0.15, 0.2) is 5.82 Å². The van der Waals surface area contributed by atoms with E-state index < -0.39 is 0 Å². The first-order valence-electron chi connectivity index (χ1n) is 51.5. The van der Waals surface area contributed by atoms with Gasteiger partial charge in [-0.15, -0.1) is 0 Å². The Labute approximate surface area is 866 Å². The van der Waals surface area contributed by atoms with Gasteiger partial charge in [-0.05, 0) is 218 Å². The zero-order valence-corrected chi connectivity index (χ0v) is 83.4. The van der Waals surface area contributed by atoms with Crippen molar-refractivity contribution < 1.29 is 0 Å². The molecule has 29 rings (SSSR count). The quantitative estimate of drug-likeness (QED) is 0.120. The van der Waals surface area contributed by atoms with Gasteiger partial charge in [0.25, 0.3) is 0 Å². The van der Waals surface area contributed by atoms with Crippen LogP contribution in [-0.2, 0) is 16.2 Å². The number of para-hydroxylation sites is 3. The molecule has 702 valence electrons. The molecular weight excluding hydrogens is 1800 g/mol. The molecule has 21 aromatic carbocycles. The van der Waals surface area contributed by atoms with Crippen LogP contribution < -0.4 is 0 Å². The highest BCUT2D eigenvalue weighted by atomic mass is 14.9. The van der Waals surface area contributed by atoms with Crippen molar-refractivity contribution in [3.8, 4) is 168 Å². The first-order chi connectivity index (χ1) is 73.2. The standard InChI is InChI=1S/C50H35N.C48H33N3.C44H31N3/c1-50(2)45-22-12-10-20-43(45)49-48(50)47(44-21-11-13-23-46(44)51-49)34-26-24-33(25-27-34)36-29-31-42(40-19-9-7-17-38(36)40)41-30-28-35(32-14-4-3-5-15-32)37-16-6-8-18-39(37)41;1-48(2)42-18-9-7-16-40(42)46-45(48)44(41-17-8-10-19-43(41)51-46)31-22-20-30(21-23-31)32-24-25-37(34-13-4-3-12-33(32)34)38-26-27-39(47-49-28-11-29-50-47)36-15-6-5-14-35(36)38;1-44(2)37-18-10-8-16-35(37)43-42(44)41(36-17-9-11-19-38(36)47-43)30-22-20-28(21-23-30)31-24-25-34(33-15-7-6-14-32(31)33)40-27-45-39(26-46-40)29-12-4-3-5-13-29/h3-31H,1-2H3;3-29H,1-2H3;3-27H,1-2H3. The molecule has 3 aliphatic carbocycles. The van der Waals surface area contributed by atoms with Crippen LogP contribution in [0.2, 0.25) is 0 Å². The van der Waals surface area contributed by atoms with Crippen LogP contribution in [-0.4, -0.2) is 34.9 Å². The summed E-state index contributed by atoms with van der Waals surface area (Å²) in [6.45, 7) is 14.0. The van der Waals surface area contributed by atoms with E-state index in [4.69, 9.17) is 24.9 Å². The predicted molar refractivity (Wildman–Crippen MR) is 622 cm³/mol. The van der Waals surface area contributed by atoms with Gasteiger partial charge in [0.1, 0.15) is 0 Å². The molecule has 0 N–H and O–H groups in total. The highest BCUT2D eigenvalue weighted by Gasteiger charge is 2.43. The molecule has 0 unspecified atom stereocenters. The van der Waals surface area contributed by atoms with Gasteiger partial charge >= 0.3 is 0 Å². The largest absolute Gasteiger partial charge is 0.252 e. The molecule has 5 heterocycles. The van der Waals surface area contributed by atoms with E-state index >= 15 is 0 Å². The van der Waals surface area contributed by atoms with Crippen LogP contribution in [0.25, 0.3) is 254 Å². The van der Waals surface area contributed by atoms with Crippen molar-refractivity contribution in [1.29, 1.82) is 0 Å². The predicted octanol–water partition coefficient (Wildman–Crippen LogP) is 37.0. The Balaban J connectivity index is 0.000000110. The molecule has 0 amide bonds. The SMILES string of the molecule is CC1(C)c2ccccc2-c2nc3ccccc3c(-c3ccc(-c4ccc(-c5ccc(-c6ccccc6)c6ccccc56)c5ccccc45)cc3)c21.CC1(C)c2ccccc2-c2nc3ccccc3c(-c3ccc(-c4ccc(-c5ccc(-c6ncccn6)c6ccccc56)c5ccccc45)cc3)c21.CC1(C)c2ccccc2-c2nc3ccccc3c(-c3ccc(-c4ccc(-c5cnc(-c6ccccc6)cn5)c5ccccc45)cc3)c21. The number of pyridine rings is 3. The van der Waals surface area contributed by atoms with Gasteiger partial charge in [-0.1, -0.05) is 478 Å². The lowest BCUT2D eigenvalue weighted by molar-refractivity contribution is 0.661. The minimum atomic E-state index is -0.167. The second kappa shape index (κ2) is 36.0. The summed E-state index contributed by atoms with van der Waals surface area (Å²) in [4.78, 5) is 34.4. The van der Waals surface area contributed by atoms with Gasteiger partial charge in [-0.3, -0.25) is 9.97 Å². The number of benzene rings is 21. The average Bonchev–Trinajstić information content (AvgIpc) is 1.55. The Morgan fingerprint density at radius 1 is 0.154 bits per heavy atom. The molecule has 0 spiro atoms. The monoisotopic (exact) mass is 1900 g/mol. The number of nitrogens with zero attached hydrogens (tertiary/aromatic N) is 7. The van der Waals surface area contributed by atoms with Gasteiger partial charge in [0, 0.05) is 78.2 Å². The maximum absolute atomic E-state index is 5.25. The van der Waals surface area contributed by atoms with Crippen molar-refractivity contribution in [3.63, 3.8) is 0 Å². The Kier molecular flexibility index (Phi) is 21.5. The maximum Gasteiger partial charge on any atom is 0.159 e. The second-order valence-corrected chi connectivity index (χ2v) is 41.0. The second-order valence-electron chi connectivity index (χ2n) is 41.0. The fourth-order valence-electron chi connectivity index (χ4n) is 24.6. The maximum atomic E-state index is 5.25. The third kappa shape index (κ3) is 14.9. The zero-order valence-electron chi connectivity index (χ0n) is 83.4. The minimum absolute atomic E-state index is 0.160. The average molecular weight is 1900 g/mol. The molecule has 7 nitrogen and oxygen atoms in total. The van der Waals surface area contributed by atoms with Crippen LogP contribution in [0, 0.1) is 0 Å². The Morgan fingerprint density at radius 2 is 0.383 bits per heavy atom. The summed E-state index contributed by atoms with van der Waals surface area (Å²) in [7, 11) is 0. The third-order valence-electron chi connectivity index (χ3n) is 31.7. The summed E-state index contributed by atoms with van der Waals surface area (Å²) in [5.41, 5.74) is 44.6. The summed E-state index contributed by atoms with van der Waals surface area (Å²) >= 11 is 0. The topological polar surface area (TPSA) is 90.2 Å². The van der Waals surface area contributed by atoms with E-state index in [1.807, 2.05) is 36.7 Å². The summed E-state index contributed by atoms with van der Waals surface area (Å²) < 4.78 is 0. The van der Waals surface area contributed by atoms with Gasteiger partial charge in [-0.2, -0.15) is 0 Å². The molecule has 0 fully saturated rings. The van der Waals surface area contributed by atoms with Crippen LogP contribution in [0.1, 0.15) is 74.9 Å². The van der Waals surface area contributed by atoms with Crippen molar-refractivity contribution in [1.82, 2.24) is 34.9 Å². The van der Waals surface area contributed by atoms with E-state index in [2.05, 4.69) is 494 Å². The Morgan fingerprint density at radius 3 is 0.705 bits per heavy atom. The smallest absolute Gasteiger partial charge is 0.159 e. The molecule has 3 aliphatic rings. The van der Waals surface area contributed by atoms with Gasteiger partial charge < -0.3 is 0 Å². The summed E-state index contributed by atoms with van der Waals surface area (Å²) in [5, 5.41) is 15.8. The van der Waals surface area contributed by atoms with E-state index in [0.29, 0.717) is 0 Å². The van der Waals surface area contributed by atoms with Gasteiger partial charge in [0.05, 0.1) is 57.4 Å². The molecule has 0 saturated heterocycles. The molecule has 0 bridgehead atoms. The highest BCUT2D eigenvalue weighted by molar-refractivity contribution is 6.16. The Hall–Kier alpha value is -18.7. The summed E-state index contributed by atoms with van der Waals surface area (Å²) in [5.74, 6) is 0.738. The van der Waals surface area contributed by atoms with E-state index in [9.17, 15) is 0 Å². The van der Waals surface area contributed by atoms with Crippen LogP contribution in [0.3, 0.4) is 0 Å². The number of hydrogen-bond acceptors (Lipinski definition) is 7. The molecule has 0 atom stereocenters. The van der Waals surface area contributed by atoms with Crippen LogP contribution >= 0.6 is 0 Å². The fraction of sp³-hybridized carbons (Fsp3) is 0.0634. The lowest BCUT2D eigenvalue weighted by atomic mass is 9.78. The van der Waals surface area contributed by atoms with Crippen molar-refractivity contribution in [2.45, 2.75) is 57.8 Å². The molecule has 5 aromatic heterocycles. The first kappa shape index (κ1) is 89.2. The lowest BCUT2D eigenvalue weighted by Crippen LogP contribution is -2.16. The fourth-order valence-corrected chi connectivity index (χ4v) is 24.6. The third-order valence-corrected chi connectivity index (χ3v) is 31.7. The number of aromatic nitrogens is 7. The van der Waals surface area contributed by atoms with E-state index in [0.717, 1.165) is 78.3 Å². The molecule has 0 saturated carbocycles. The van der Waals surface area contributed by atoms with E-state index in [1.165, 1.54) is 209 Å². The van der Waals surface area contributed by atoms with Crippen LogP contribution in [0.15, 0.2) is 492 Å².